The first-order valence-electron chi connectivity index (χ1n) is 5.65. The number of nitrogens with two attached hydrogens (primary N) is 1. The van der Waals surface area contributed by atoms with Crippen LogP contribution in [-0.2, 0) is 13.6 Å². The average molecular weight is 230 g/mol. The van der Waals surface area contributed by atoms with Crippen molar-refractivity contribution in [3.63, 3.8) is 0 Å². The zero-order valence-corrected chi connectivity index (χ0v) is 10.5. The molecule has 0 saturated heterocycles. The van der Waals surface area contributed by atoms with Crippen LogP contribution in [0, 0.1) is 13.8 Å². The molecule has 0 atom stereocenters. The van der Waals surface area contributed by atoms with Crippen LogP contribution in [0.15, 0.2) is 24.4 Å². The fourth-order valence-electron chi connectivity index (χ4n) is 1.83. The van der Waals surface area contributed by atoms with E-state index >= 15 is 0 Å². The number of anilines is 2. The van der Waals surface area contributed by atoms with E-state index in [9.17, 15) is 0 Å². The molecule has 0 aliphatic rings. The molecular weight excluding hydrogens is 212 g/mol. The van der Waals surface area contributed by atoms with Gasteiger partial charge in [-0.1, -0.05) is 0 Å². The van der Waals surface area contributed by atoms with Crippen LogP contribution >= 0.6 is 0 Å². The number of rotatable bonds is 3. The number of nitrogens with zero attached hydrogens (tertiary/aromatic N) is 2. The summed E-state index contributed by atoms with van der Waals surface area (Å²) in [6.45, 7) is 4.87. The Morgan fingerprint density at radius 1 is 1.29 bits per heavy atom. The van der Waals surface area contributed by atoms with Gasteiger partial charge in [-0.15, -0.1) is 0 Å². The predicted octanol–water partition coefficient (Wildman–Crippen LogP) is 2.23. The summed E-state index contributed by atoms with van der Waals surface area (Å²) in [5.74, 6) is 0. The van der Waals surface area contributed by atoms with E-state index in [2.05, 4.69) is 23.4 Å². The van der Waals surface area contributed by atoms with E-state index < -0.39 is 0 Å². The summed E-state index contributed by atoms with van der Waals surface area (Å²) in [6, 6.07) is 5.99. The topological polar surface area (TPSA) is 55.9 Å². The van der Waals surface area contributed by atoms with E-state index in [1.54, 1.807) is 0 Å². The highest BCUT2D eigenvalue weighted by Crippen LogP contribution is 2.17. The van der Waals surface area contributed by atoms with E-state index in [0.717, 1.165) is 23.5 Å². The van der Waals surface area contributed by atoms with Crippen LogP contribution in [0.3, 0.4) is 0 Å². The fraction of sp³-hybridized carbons (Fsp3) is 0.308. The molecule has 4 heteroatoms. The molecule has 1 aromatic carbocycles. The normalized spacial score (nSPS) is 10.5. The maximum atomic E-state index is 5.81. The predicted molar refractivity (Wildman–Crippen MR) is 70.9 cm³/mol. The van der Waals surface area contributed by atoms with Crippen molar-refractivity contribution in [2.24, 2.45) is 7.05 Å². The van der Waals surface area contributed by atoms with Gasteiger partial charge in [-0.2, -0.15) is 5.10 Å². The van der Waals surface area contributed by atoms with Crippen LogP contribution in [0.1, 0.15) is 16.8 Å². The van der Waals surface area contributed by atoms with Crippen molar-refractivity contribution in [3.8, 4) is 0 Å². The molecule has 0 unspecified atom stereocenters. The summed E-state index contributed by atoms with van der Waals surface area (Å²) >= 11 is 0. The second-order valence-corrected chi connectivity index (χ2v) is 4.36. The van der Waals surface area contributed by atoms with Gasteiger partial charge >= 0.3 is 0 Å². The van der Waals surface area contributed by atoms with Gasteiger partial charge in [-0.05, 0) is 37.6 Å². The first-order valence-corrected chi connectivity index (χ1v) is 5.65. The second-order valence-electron chi connectivity index (χ2n) is 4.36. The lowest BCUT2D eigenvalue weighted by molar-refractivity contribution is 0.738. The largest absolute Gasteiger partial charge is 0.399 e. The van der Waals surface area contributed by atoms with Gasteiger partial charge in [0.05, 0.1) is 6.20 Å². The van der Waals surface area contributed by atoms with Crippen molar-refractivity contribution in [1.29, 1.82) is 0 Å². The maximum absolute atomic E-state index is 5.81. The molecule has 0 bridgehead atoms. The van der Waals surface area contributed by atoms with Gasteiger partial charge in [0.1, 0.15) is 0 Å². The van der Waals surface area contributed by atoms with Crippen molar-refractivity contribution >= 4 is 11.4 Å². The number of benzene rings is 1. The number of hydrogen-bond acceptors (Lipinski definition) is 3. The van der Waals surface area contributed by atoms with Crippen LogP contribution in [0.25, 0.3) is 0 Å². The van der Waals surface area contributed by atoms with E-state index in [-0.39, 0.29) is 0 Å². The molecule has 0 aliphatic carbocycles. The van der Waals surface area contributed by atoms with Crippen LogP contribution in [0.4, 0.5) is 11.4 Å². The Balaban J connectivity index is 2.09. The lowest BCUT2D eigenvalue weighted by Crippen LogP contribution is -2.02. The third kappa shape index (κ3) is 2.58. The quantitative estimate of drug-likeness (QED) is 0.795. The molecule has 0 radical (unpaired) electrons. The zero-order valence-electron chi connectivity index (χ0n) is 10.5. The Bertz CT molecular complexity index is 508. The summed E-state index contributed by atoms with van der Waals surface area (Å²) in [6.07, 6.45) is 1.89. The molecule has 2 rings (SSSR count). The molecule has 0 fully saturated rings. The van der Waals surface area contributed by atoms with Gasteiger partial charge in [0.2, 0.25) is 0 Å². The number of nitrogen functional groups attached to an aromatic ring is 1. The van der Waals surface area contributed by atoms with E-state index in [1.807, 2.05) is 37.0 Å². The number of aromatic nitrogens is 2. The maximum Gasteiger partial charge on any atom is 0.0542 e. The molecule has 3 N–H and O–H groups in total. The van der Waals surface area contributed by atoms with Crippen molar-refractivity contribution in [1.82, 2.24) is 9.78 Å². The molecule has 0 aliphatic heterocycles. The van der Waals surface area contributed by atoms with Crippen molar-refractivity contribution < 1.29 is 0 Å². The van der Waals surface area contributed by atoms with Gasteiger partial charge in [0.25, 0.3) is 0 Å². The first kappa shape index (κ1) is 11.5. The van der Waals surface area contributed by atoms with Gasteiger partial charge < -0.3 is 11.1 Å². The third-order valence-corrected chi connectivity index (χ3v) is 2.92. The summed E-state index contributed by atoms with van der Waals surface area (Å²) in [7, 11) is 1.95. The number of aryl methyl sites for hydroxylation is 2. The molecule has 0 spiro atoms. The van der Waals surface area contributed by atoms with Crippen LogP contribution in [-0.4, -0.2) is 9.78 Å². The lowest BCUT2D eigenvalue weighted by atomic mass is 10.2. The smallest absolute Gasteiger partial charge is 0.0542 e. The second kappa shape index (κ2) is 4.49. The molecule has 1 aromatic heterocycles. The average Bonchev–Trinajstić information content (AvgIpc) is 2.56. The Labute approximate surface area is 101 Å². The fourth-order valence-corrected chi connectivity index (χ4v) is 1.83. The zero-order chi connectivity index (χ0) is 12.4. The van der Waals surface area contributed by atoms with Crippen LogP contribution in [0.2, 0.25) is 0 Å². The van der Waals surface area contributed by atoms with Gasteiger partial charge in [-0.3, -0.25) is 4.68 Å². The standard InChI is InChI=1S/C13H18N4/c1-9-4-12(14)6-13(5-9)15-7-11-8-16-17(3)10(11)2/h4-6,8,15H,7,14H2,1-3H3. The summed E-state index contributed by atoms with van der Waals surface area (Å²) in [5, 5.41) is 7.58. The number of hydrogen-bond donors (Lipinski definition) is 2. The minimum atomic E-state index is 0.766. The summed E-state index contributed by atoms with van der Waals surface area (Å²) < 4.78 is 1.88. The van der Waals surface area contributed by atoms with E-state index in [4.69, 9.17) is 5.73 Å². The van der Waals surface area contributed by atoms with Crippen molar-refractivity contribution in [2.75, 3.05) is 11.1 Å². The first-order chi connectivity index (χ1) is 8.06. The molecule has 17 heavy (non-hydrogen) atoms. The monoisotopic (exact) mass is 230 g/mol. The molecule has 2 aromatic rings. The van der Waals surface area contributed by atoms with E-state index in [1.165, 1.54) is 11.3 Å². The highest BCUT2D eigenvalue weighted by molar-refractivity contribution is 5.56. The molecule has 1 heterocycles. The minimum absolute atomic E-state index is 0.766. The molecule has 90 valence electrons. The summed E-state index contributed by atoms with van der Waals surface area (Å²) in [4.78, 5) is 0. The van der Waals surface area contributed by atoms with Crippen LogP contribution in [0.5, 0.6) is 0 Å². The van der Waals surface area contributed by atoms with Gasteiger partial charge in [-0.25, -0.2) is 0 Å². The Hall–Kier alpha value is -1.97. The van der Waals surface area contributed by atoms with Crippen molar-refractivity contribution in [3.05, 3.63) is 41.2 Å². The summed E-state index contributed by atoms with van der Waals surface area (Å²) in [5.41, 5.74) is 11.2. The van der Waals surface area contributed by atoms with Gasteiger partial charge in [0.15, 0.2) is 0 Å². The highest BCUT2D eigenvalue weighted by Gasteiger charge is 2.03. The Morgan fingerprint density at radius 2 is 2.06 bits per heavy atom. The van der Waals surface area contributed by atoms with Crippen LogP contribution < -0.4 is 11.1 Å². The molecule has 4 nitrogen and oxygen atoms in total. The minimum Gasteiger partial charge on any atom is -0.399 e. The SMILES string of the molecule is Cc1cc(N)cc(NCc2cnn(C)c2C)c1. The van der Waals surface area contributed by atoms with Gasteiger partial charge in [0, 0.05) is 36.2 Å². The Kier molecular flexibility index (Phi) is 3.04. The van der Waals surface area contributed by atoms with E-state index in [0.29, 0.717) is 0 Å². The molecule has 0 saturated carbocycles. The Morgan fingerprint density at radius 3 is 2.65 bits per heavy atom. The van der Waals surface area contributed by atoms with Crippen molar-refractivity contribution in [2.45, 2.75) is 20.4 Å². The molecule has 0 amide bonds. The highest BCUT2D eigenvalue weighted by atomic mass is 15.3. The third-order valence-electron chi connectivity index (χ3n) is 2.92. The number of nitrogens with one attached hydrogen (secondary N) is 1. The lowest BCUT2D eigenvalue weighted by Gasteiger charge is -2.08. The molecular formula is C13H18N4.